The molecule has 2 heterocycles. The predicted molar refractivity (Wildman–Crippen MR) is 74.3 cm³/mol. The minimum Gasteiger partial charge on any atom is -0.486 e. The van der Waals surface area contributed by atoms with Crippen molar-refractivity contribution in [2.45, 2.75) is 63.3 Å². The van der Waals surface area contributed by atoms with E-state index in [9.17, 15) is 0 Å². The van der Waals surface area contributed by atoms with Crippen LogP contribution in [0.4, 0.5) is 0 Å². The van der Waals surface area contributed by atoms with E-state index in [0.29, 0.717) is 12.0 Å². The molecule has 1 aliphatic carbocycles. The molecule has 2 fully saturated rings. The molecule has 0 amide bonds. The molecule has 1 saturated carbocycles. The normalized spacial score (nSPS) is 35.5. The molecule has 102 valence electrons. The first-order valence-electron chi connectivity index (χ1n) is 7.72. The van der Waals surface area contributed by atoms with E-state index in [2.05, 4.69) is 31.2 Å². The van der Waals surface area contributed by atoms with Gasteiger partial charge >= 0.3 is 0 Å². The highest BCUT2D eigenvalue weighted by Crippen LogP contribution is 2.55. The number of benzene rings is 1. The first-order chi connectivity index (χ1) is 9.28. The summed E-state index contributed by atoms with van der Waals surface area (Å²) < 4.78 is 12.8. The molecule has 0 aromatic heterocycles. The van der Waals surface area contributed by atoms with Crippen molar-refractivity contribution in [3.63, 3.8) is 0 Å². The number of fused-ring (bicyclic) bond motifs is 4. The fourth-order valence-corrected chi connectivity index (χ4v) is 4.36. The van der Waals surface area contributed by atoms with Crippen molar-refractivity contribution in [3.05, 3.63) is 29.8 Å². The van der Waals surface area contributed by atoms with Gasteiger partial charge in [-0.15, -0.1) is 0 Å². The van der Waals surface area contributed by atoms with Crippen LogP contribution < -0.4 is 4.74 Å². The van der Waals surface area contributed by atoms with E-state index in [1.165, 1.54) is 44.1 Å². The molecule has 2 nitrogen and oxygen atoms in total. The quantitative estimate of drug-likeness (QED) is 0.692. The molecule has 1 saturated heterocycles. The lowest BCUT2D eigenvalue weighted by Gasteiger charge is -2.50. The lowest BCUT2D eigenvalue weighted by molar-refractivity contribution is -0.153. The average Bonchev–Trinajstić information content (AvgIpc) is 2.88. The van der Waals surface area contributed by atoms with Crippen LogP contribution in [-0.2, 0) is 4.74 Å². The number of para-hydroxylation sites is 1. The predicted octanol–water partition coefficient (Wildman–Crippen LogP) is 4.25. The zero-order valence-electron chi connectivity index (χ0n) is 11.6. The largest absolute Gasteiger partial charge is 0.486 e. The number of ether oxygens (including phenoxy) is 2. The number of rotatable bonds is 0. The van der Waals surface area contributed by atoms with E-state index in [4.69, 9.17) is 9.47 Å². The summed E-state index contributed by atoms with van der Waals surface area (Å²) in [6.07, 6.45) is 8.09. The first-order valence-corrected chi connectivity index (χ1v) is 7.72. The van der Waals surface area contributed by atoms with Crippen molar-refractivity contribution in [1.29, 1.82) is 0 Å². The maximum atomic E-state index is 6.51. The average molecular weight is 258 g/mol. The Kier molecular flexibility index (Phi) is 2.63. The smallest absolute Gasteiger partial charge is 0.125 e. The monoisotopic (exact) mass is 258 g/mol. The zero-order chi connectivity index (χ0) is 12.9. The molecule has 0 bridgehead atoms. The van der Waals surface area contributed by atoms with Crippen LogP contribution in [0.15, 0.2) is 24.3 Å². The second-order valence-electron chi connectivity index (χ2n) is 6.46. The van der Waals surface area contributed by atoms with Crippen molar-refractivity contribution >= 4 is 0 Å². The molecule has 19 heavy (non-hydrogen) atoms. The minimum atomic E-state index is 0.0686. The van der Waals surface area contributed by atoms with Gasteiger partial charge in [0.2, 0.25) is 0 Å². The Balaban J connectivity index is 1.80. The highest BCUT2D eigenvalue weighted by atomic mass is 16.5. The molecule has 0 unspecified atom stereocenters. The Morgan fingerprint density at radius 1 is 1.11 bits per heavy atom. The van der Waals surface area contributed by atoms with Gasteiger partial charge in [-0.25, -0.2) is 0 Å². The Labute approximate surface area is 115 Å². The molecular formula is C17H22O2. The van der Waals surface area contributed by atoms with Gasteiger partial charge in [0.05, 0.1) is 12.2 Å². The fourth-order valence-electron chi connectivity index (χ4n) is 4.36. The third-order valence-electron chi connectivity index (χ3n) is 5.29. The van der Waals surface area contributed by atoms with E-state index in [1.807, 2.05) is 0 Å². The molecule has 0 radical (unpaired) electrons. The van der Waals surface area contributed by atoms with Crippen molar-refractivity contribution in [2.24, 2.45) is 5.92 Å². The van der Waals surface area contributed by atoms with Crippen molar-refractivity contribution < 1.29 is 9.47 Å². The molecule has 3 aliphatic rings. The maximum Gasteiger partial charge on any atom is 0.125 e. The Hall–Kier alpha value is -1.02. The van der Waals surface area contributed by atoms with Crippen LogP contribution in [-0.4, -0.2) is 11.7 Å². The van der Waals surface area contributed by atoms with Gasteiger partial charge in [-0.05, 0) is 51.5 Å². The lowest BCUT2D eigenvalue weighted by atomic mass is 9.72. The molecule has 1 spiro atoms. The van der Waals surface area contributed by atoms with Gasteiger partial charge in [0, 0.05) is 11.5 Å². The second-order valence-corrected chi connectivity index (χ2v) is 6.46. The molecular weight excluding hydrogens is 236 g/mol. The summed E-state index contributed by atoms with van der Waals surface area (Å²) in [6.45, 7) is 2.20. The van der Waals surface area contributed by atoms with Crippen molar-refractivity contribution in [2.75, 3.05) is 0 Å². The van der Waals surface area contributed by atoms with E-state index in [-0.39, 0.29) is 11.7 Å². The van der Waals surface area contributed by atoms with Gasteiger partial charge in [-0.3, -0.25) is 0 Å². The second kappa shape index (κ2) is 4.24. The van der Waals surface area contributed by atoms with Crippen molar-refractivity contribution in [1.82, 2.24) is 0 Å². The number of hydrogen-bond donors (Lipinski definition) is 0. The summed E-state index contributed by atoms with van der Waals surface area (Å²) in [5.41, 5.74) is 1.34. The van der Waals surface area contributed by atoms with Crippen LogP contribution in [0.2, 0.25) is 0 Å². The molecule has 3 atom stereocenters. The van der Waals surface area contributed by atoms with Gasteiger partial charge < -0.3 is 9.47 Å². The summed E-state index contributed by atoms with van der Waals surface area (Å²) >= 11 is 0. The summed E-state index contributed by atoms with van der Waals surface area (Å²) in [4.78, 5) is 0. The maximum absolute atomic E-state index is 6.51. The third-order valence-corrected chi connectivity index (χ3v) is 5.29. The van der Waals surface area contributed by atoms with E-state index >= 15 is 0 Å². The molecule has 1 aromatic rings. The standard InChI is InChI=1S/C17H22O2/c1-12-8-9-14-16(18-12)13-6-2-3-7-15(13)19-17(14)10-4-5-11-17/h2-3,6-7,12,14,16H,4-5,8-11H2,1H3/t12-,14+,16-/m1/s1. The van der Waals surface area contributed by atoms with Crippen LogP contribution in [0.25, 0.3) is 0 Å². The Bertz CT molecular complexity index is 476. The highest BCUT2D eigenvalue weighted by Gasteiger charge is 2.53. The Morgan fingerprint density at radius 2 is 1.89 bits per heavy atom. The SMILES string of the molecule is C[C@@H]1CC[C@H]2[C@H](O1)c1ccccc1OC21CCCC1. The fraction of sp³-hybridized carbons (Fsp3) is 0.647. The summed E-state index contributed by atoms with van der Waals surface area (Å²) in [5, 5.41) is 0. The third kappa shape index (κ3) is 1.73. The van der Waals surface area contributed by atoms with E-state index < -0.39 is 0 Å². The molecule has 2 heteroatoms. The highest BCUT2D eigenvalue weighted by molar-refractivity contribution is 5.39. The van der Waals surface area contributed by atoms with Gasteiger partial charge in [0.15, 0.2) is 0 Å². The van der Waals surface area contributed by atoms with Gasteiger partial charge in [-0.1, -0.05) is 18.2 Å². The Morgan fingerprint density at radius 3 is 2.74 bits per heavy atom. The van der Waals surface area contributed by atoms with Crippen LogP contribution in [0, 0.1) is 5.92 Å². The summed E-state index contributed by atoms with van der Waals surface area (Å²) in [5.74, 6) is 1.63. The summed E-state index contributed by atoms with van der Waals surface area (Å²) in [6, 6.07) is 8.49. The summed E-state index contributed by atoms with van der Waals surface area (Å²) in [7, 11) is 0. The van der Waals surface area contributed by atoms with Gasteiger partial charge in [0.1, 0.15) is 11.4 Å². The topological polar surface area (TPSA) is 18.5 Å². The molecule has 2 aliphatic heterocycles. The van der Waals surface area contributed by atoms with Crippen molar-refractivity contribution in [3.8, 4) is 5.75 Å². The van der Waals surface area contributed by atoms with Crippen LogP contribution in [0.1, 0.15) is 57.1 Å². The zero-order valence-corrected chi connectivity index (χ0v) is 11.6. The minimum absolute atomic E-state index is 0.0686. The van der Waals surface area contributed by atoms with E-state index in [0.717, 1.165) is 5.75 Å². The van der Waals surface area contributed by atoms with E-state index in [1.54, 1.807) is 0 Å². The van der Waals surface area contributed by atoms with Crippen LogP contribution in [0.3, 0.4) is 0 Å². The molecule has 0 N–H and O–H groups in total. The molecule has 1 aromatic carbocycles. The molecule has 4 rings (SSSR count). The van der Waals surface area contributed by atoms with Gasteiger partial charge in [-0.2, -0.15) is 0 Å². The number of hydrogen-bond acceptors (Lipinski definition) is 2. The van der Waals surface area contributed by atoms with Crippen LogP contribution >= 0.6 is 0 Å². The first kappa shape index (κ1) is 11.8. The lowest BCUT2D eigenvalue weighted by Crippen LogP contribution is -2.50. The van der Waals surface area contributed by atoms with Gasteiger partial charge in [0.25, 0.3) is 0 Å². The van der Waals surface area contributed by atoms with Crippen LogP contribution in [0.5, 0.6) is 5.75 Å².